The quantitative estimate of drug-likeness (QED) is 0.789. The van der Waals surface area contributed by atoms with E-state index < -0.39 is 0 Å². The van der Waals surface area contributed by atoms with Crippen LogP contribution in [0.3, 0.4) is 0 Å². The maximum Gasteiger partial charge on any atom is 0.269 e. The number of nitrogens with one attached hydrogen (secondary N) is 3. The summed E-state index contributed by atoms with van der Waals surface area (Å²) in [6, 6.07) is -0.0561. The van der Waals surface area contributed by atoms with Crippen LogP contribution in [0.4, 0.5) is 0 Å². The van der Waals surface area contributed by atoms with Crippen LogP contribution in [0.5, 0.6) is 0 Å². The van der Waals surface area contributed by atoms with Gasteiger partial charge in [-0.3, -0.25) is 4.79 Å². The fourth-order valence-electron chi connectivity index (χ4n) is 2.65. The number of aryl methyl sites for hydroxylation is 1. The van der Waals surface area contributed by atoms with E-state index in [2.05, 4.69) is 25.9 Å². The highest BCUT2D eigenvalue weighted by molar-refractivity contribution is 6.44. The van der Waals surface area contributed by atoms with Crippen molar-refractivity contribution in [3.05, 3.63) is 33.8 Å². The molecule has 1 fully saturated rings. The predicted molar refractivity (Wildman–Crippen MR) is 83.3 cm³/mol. The largest absolute Gasteiger partial charge is 0.352 e. The summed E-state index contributed by atoms with van der Waals surface area (Å²) in [5, 5.41) is 14.8. The summed E-state index contributed by atoms with van der Waals surface area (Å²) >= 11 is 12.1. The summed E-state index contributed by atoms with van der Waals surface area (Å²) in [6.07, 6.45) is 4.21. The van der Waals surface area contributed by atoms with Crippen molar-refractivity contribution < 1.29 is 4.79 Å². The van der Waals surface area contributed by atoms with E-state index in [0.717, 1.165) is 13.0 Å². The van der Waals surface area contributed by atoms with E-state index in [0.29, 0.717) is 23.0 Å². The second kappa shape index (κ2) is 6.28. The minimum Gasteiger partial charge on any atom is -0.352 e. The third kappa shape index (κ3) is 2.84. The van der Waals surface area contributed by atoms with Crippen LogP contribution in [0.1, 0.15) is 28.6 Å². The van der Waals surface area contributed by atoms with Crippen LogP contribution >= 0.6 is 23.2 Å². The summed E-state index contributed by atoms with van der Waals surface area (Å²) in [7, 11) is 0. The van der Waals surface area contributed by atoms with Gasteiger partial charge in [0, 0.05) is 18.4 Å². The number of rotatable bonds is 3. The Morgan fingerprint density at radius 1 is 1.45 bits per heavy atom. The third-order valence-electron chi connectivity index (χ3n) is 3.83. The van der Waals surface area contributed by atoms with Crippen LogP contribution in [0, 0.1) is 6.92 Å². The summed E-state index contributed by atoms with van der Waals surface area (Å²) in [5.41, 5.74) is 0.968. The Balaban J connectivity index is 1.78. The summed E-state index contributed by atoms with van der Waals surface area (Å²) in [4.78, 5) is 15.4. The number of carbonyl (C=O) groups excluding carboxylic acids is 1. The van der Waals surface area contributed by atoms with E-state index in [1.807, 2.05) is 0 Å². The Kier molecular flexibility index (Phi) is 4.37. The van der Waals surface area contributed by atoms with Crippen molar-refractivity contribution in [2.75, 3.05) is 13.1 Å². The number of H-pyrrole nitrogens is 1. The number of piperidine rings is 1. The van der Waals surface area contributed by atoms with Crippen molar-refractivity contribution >= 4 is 29.1 Å². The molecule has 3 rings (SSSR count). The lowest BCUT2D eigenvalue weighted by Crippen LogP contribution is -2.50. The van der Waals surface area contributed by atoms with Crippen molar-refractivity contribution in [1.29, 1.82) is 0 Å². The molecule has 1 amide bonds. The first-order valence-corrected chi connectivity index (χ1v) is 7.74. The maximum absolute atomic E-state index is 12.5. The number of halogens is 2. The second-order valence-electron chi connectivity index (χ2n) is 5.28. The molecule has 0 aromatic carbocycles. The van der Waals surface area contributed by atoms with E-state index in [-0.39, 0.29) is 23.0 Å². The van der Waals surface area contributed by atoms with Crippen LogP contribution < -0.4 is 10.6 Å². The van der Waals surface area contributed by atoms with Crippen LogP contribution in [0.2, 0.25) is 10.0 Å². The average molecular weight is 343 g/mol. The van der Waals surface area contributed by atoms with Crippen LogP contribution in [0.15, 0.2) is 12.4 Å². The Morgan fingerprint density at radius 2 is 2.27 bits per heavy atom. The molecule has 0 aliphatic carbocycles. The summed E-state index contributed by atoms with van der Waals surface area (Å²) < 4.78 is 1.76. The fraction of sp³-hybridized carbons (Fsp3) is 0.462. The maximum atomic E-state index is 12.5. The van der Waals surface area contributed by atoms with Gasteiger partial charge in [0.25, 0.3) is 5.91 Å². The number of carbonyl (C=O) groups is 1. The molecule has 118 valence electrons. The molecular weight excluding hydrogens is 327 g/mol. The lowest BCUT2D eigenvalue weighted by atomic mass is 10.0. The Labute approximate surface area is 137 Å². The topological polar surface area (TPSA) is 87.6 Å². The van der Waals surface area contributed by atoms with E-state index >= 15 is 0 Å². The van der Waals surface area contributed by atoms with Gasteiger partial charge in [0.1, 0.15) is 5.69 Å². The first-order chi connectivity index (χ1) is 10.6. The first-order valence-electron chi connectivity index (χ1n) is 6.99. The summed E-state index contributed by atoms with van der Waals surface area (Å²) in [5.74, 6) is -0.267. The molecule has 1 aliphatic heterocycles. The predicted octanol–water partition coefficient (Wildman–Crippen LogP) is 1.55. The lowest BCUT2D eigenvalue weighted by Gasteiger charge is -2.32. The molecule has 1 saturated heterocycles. The van der Waals surface area contributed by atoms with Crippen molar-refractivity contribution in [3.63, 3.8) is 0 Å². The van der Waals surface area contributed by atoms with E-state index in [1.54, 1.807) is 24.0 Å². The highest BCUT2D eigenvalue weighted by Gasteiger charge is 2.30. The van der Waals surface area contributed by atoms with E-state index in [4.69, 9.17) is 23.2 Å². The SMILES string of the molecule is Cc1[nH]c(C(=O)N[C@@H]2CCNC[C@H]2n2ccnn2)c(Cl)c1Cl. The molecular formula is C13H16Cl2N6O. The zero-order valence-electron chi connectivity index (χ0n) is 11.9. The zero-order chi connectivity index (χ0) is 15.7. The zero-order valence-corrected chi connectivity index (χ0v) is 13.4. The highest BCUT2D eigenvalue weighted by Crippen LogP contribution is 2.29. The Morgan fingerprint density at radius 3 is 2.91 bits per heavy atom. The van der Waals surface area contributed by atoms with Crippen molar-refractivity contribution in [2.24, 2.45) is 0 Å². The Hall–Kier alpha value is -1.57. The molecule has 2 atom stereocenters. The fourth-order valence-corrected chi connectivity index (χ4v) is 3.07. The van der Waals surface area contributed by atoms with Crippen LogP contribution in [0.25, 0.3) is 0 Å². The van der Waals surface area contributed by atoms with Crippen molar-refractivity contribution in [1.82, 2.24) is 30.6 Å². The number of nitrogens with zero attached hydrogens (tertiary/aromatic N) is 3. The van der Waals surface area contributed by atoms with Gasteiger partial charge in [-0.2, -0.15) is 0 Å². The smallest absolute Gasteiger partial charge is 0.269 e. The van der Waals surface area contributed by atoms with Gasteiger partial charge < -0.3 is 15.6 Å². The number of hydrogen-bond donors (Lipinski definition) is 3. The van der Waals surface area contributed by atoms with Crippen molar-refractivity contribution in [2.45, 2.75) is 25.4 Å². The van der Waals surface area contributed by atoms with Gasteiger partial charge in [-0.05, 0) is 19.9 Å². The Bertz CT molecular complexity index is 668. The number of amides is 1. The highest BCUT2D eigenvalue weighted by atomic mass is 35.5. The van der Waals surface area contributed by atoms with E-state index in [9.17, 15) is 4.79 Å². The molecule has 2 aromatic heterocycles. The molecule has 0 saturated carbocycles. The number of aromatic nitrogens is 4. The number of hydrogen-bond acceptors (Lipinski definition) is 4. The minimum absolute atomic E-state index is 0.00510. The van der Waals surface area contributed by atoms with Gasteiger partial charge in [-0.1, -0.05) is 28.4 Å². The van der Waals surface area contributed by atoms with Crippen molar-refractivity contribution in [3.8, 4) is 0 Å². The van der Waals surface area contributed by atoms with Gasteiger partial charge >= 0.3 is 0 Å². The second-order valence-corrected chi connectivity index (χ2v) is 6.03. The molecule has 22 heavy (non-hydrogen) atoms. The van der Waals surface area contributed by atoms with Gasteiger partial charge in [0.05, 0.1) is 28.3 Å². The van der Waals surface area contributed by atoms with Gasteiger partial charge in [-0.25, -0.2) is 4.68 Å². The molecule has 3 heterocycles. The minimum atomic E-state index is -0.267. The van der Waals surface area contributed by atoms with Gasteiger partial charge in [0.2, 0.25) is 0 Å². The lowest BCUT2D eigenvalue weighted by molar-refractivity contribution is 0.0905. The molecule has 1 aliphatic rings. The standard InChI is InChI=1S/C13H16Cl2N6O/c1-7-10(14)11(15)12(18-7)13(22)19-8-2-3-16-6-9(8)21-5-4-17-20-21/h4-5,8-9,16,18H,2-3,6H2,1H3,(H,19,22)/t8-,9-/m1/s1. The summed E-state index contributed by atoms with van der Waals surface area (Å²) in [6.45, 7) is 3.31. The van der Waals surface area contributed by atoms with Crippen LogP contribution in [-0.2, 0) is 0 Å². The molecule has 0 unspecified atom stereocenters. The third-order valence-corrected chi connectivity index (χ3v) is 4.78. The molecule has 0 radical (unpaired) electrons. The van der Waals surface area contributed by atoms with Gasteiger partial charge in [-0.15, -0.1) is 5.10 Å². The first kappa shape index (κ1) is 15.3. The molecule has 7 nitrogen and oxygen atoms in total. The van der Waals surface area contributed by atoms with Gasteiger partial charge in [0.15, 0.2) is 0 Å². The van der Waals surface area contributed by atoms with Crippen LogP contribution in [-0.4, -0.2) is 45.0 Å². The molecule has 2 aromatic rings. The average Bonchev–Trinajstić information content (AvgIpc) is 3.13. The normalized spacial score (nSPS) is 21.8. The molecule has 0 spiro atoms. The molecule has 9 heteroatoms. The van der Waals surface area contributed by atoms with E-state index in [1.165, 1.54) is 0 Å². The number of aromatic amines is 1. The monoisotopic (exact) mass is 342 g/mol. The molecule has 3 N–H and O–H groups in total. The molecule has 0 bridgehead atoms.